The standard InChI is InChI=1S/C17H22N2O6S/c20-15(21)12-17(6-1-7-17)18-16(22)13-2-4-14(5-3-13)26(23,24)19-8-10-25-11-9-19/h2-5H,1,6-12H2,(H,18,22)(H,20,21). The zero-order valence-electron chi connectivity index (χ0n) is 14.3. The van der Waals surface area contributed by atoms with Crippen LogP contribution in [-0.4, -0.2) is 61.5 Å². The lowest BCUT2D eigenvalue weighted by Crippen LogP contribution is -2.54. The second-order valence-corrected chi connectivity index (χ2v) is 8.64. The lowest BCUT2D eigenvalue weighted by Gasteiger charge is -2.41. The van der Waals surface area contributed by atoms with Gasteiger partial charge in [0.1, 0.15) is 0 Å². The summed E-state index contributed by atoms with van der Waals surface area (Å²) in [6.45, 7) is 1.35. The van der Waals surface area contributed by atoms with E-state index in [0.29, 0.717) is 44.7 Å². The minimum absolute atomic E-state index is 0.109. The van der Waals surface area contributed by atoms with Crippen molar-refractivity contribution in [1.82, 2.24) is 9.62 Å². The van der Waals surface area contributed by atoms with Crippen LogP contribution >= 0.6 is 0 Å². The number of rotatable bonds is 6. The molecule has 0 spiro atoms. The third-order valence-electron chi connectivity index (χ3n) is 4.90. The van der Waals surface area contributed by atoms with Gasteiger partial charge in [-0.1, -0.05) is 0 Å². The molecule has 2 N–H and O–H groups in total. The Balaban J connectivity index is 1.71. The van der Waals surface area contributed by atoms with E-state index in [0.717, 1.165) is 6.42 Å². The van der Waals surface area contributed by atoms with Crippen LogP contribution in [-0.2, 0) is 19.6 Å². The number of nitrogens with one attached hydrogen (secondary N) is 1. The first kappa shape index (κ1) is 18.8. The largest absolute Gasteiger partial charge is 0.481 e. The minimum atomic E-state index is -3.61. The van der Waals surface area contributed by atoms with Gasteiger partial charge in [-0.2, -0.15) is 4.31 Å². The lowest BCUT2D eigenvalue weighted by atomic mass is 9.74. The Labute approximate surface area is 152 Å². The van der Waals surface area contributed by atoms with Gasteiger partial charge >= 0.3 is 5.97 Å². The molecule has 1 amide bonds. The second-order valence-electron chi connectivity index (χ2n) is 6.70. The fourth-order valence-electron chi connectivity index (χ4n) is 3.27. The molecule has 0 bridgehead atoms. The highest BCUT2D eigenvalue weighted by Crippen LogP contribution is 2.35. The number of carbonyl (C=O) groups excluding carboxylic acids is 1. The van der Waals surface area contributed by atoms with E-state index >= 15 is 0 Å². The van der Waals surface area contributed by atoms with E-state index in [1.807, 2.05) is 0 Å². The van der Waals surface area contributed by atoms with Crippen LogP contribution in [0, 0.1) is 0 Å². The molecule has 1 aromatic rings. The van der Waals surface area contributed by atoms with Crippen LogP contribution in [0.3, 0.4) is 0 Å². The van der Waals surface area contributed by atoms with Crippen LogP contribution in [0.4, 0.5) is 0 Å². The van der Waals surface area contributed by atoms with Crippen LogP contribution in [0.2, 0.25) is 0 Å². The molecule has 8 nitrogen and oxygen atoms in total. The van der Waals surface area contributed by atoms with Crippen molar-refractivity contribution in [2.45, 2.75) is 36.1 Å². The average molecular weight is 382 g/mol. The highest BCUT2D eigenvalue weighted by Gasteiger charge is 2.40. The Morgan fingerprint density at radius 2 is 1.77 bits per heavy atom. The minimum Gasteiger partial charge on any atom is -0.481 e. The number of carboxylic acid groups (broad SMARTS) is 1. The number of aliphatic carboxylic acids is 1. The van der Waals surface area contributed by atoms with E-state index in [1.165, 1.54) is 28.6 Å². The number of hydrogen-bond donors (Lipinski definition) is 2. The van der Waals surface area contributed by atoms with E-state index in [2.05, 4.69) is 5.32 Å². The molecule has 1 heterocycles. The van der Waals surface area contributed by atoms with Crippen molar-refractivity contribution < 1.29 is 27.9 Å². The number of sulfonamides is 1. The van der Waals surface area contributed by atoms with E-state index in [1.54, 1.807) is 0 Å². The van der Waals surface area contributed by atoms with Crippen molar-refractivity contribution in [1.29, 1.82) is 0 Å². The molecule has 2 aliphatic rings. The predicted octanol–water partition coefficient (Wildman–Crippen LogP) is 0.835. The first-order chi connectivity index (χ1) is 12.3. The zero-order chi connectivity index (χ0) is 18.8. The van der Waals surface area contributed by atoms with Crippen molar-refractivity contribution in [3.63, 3.8) is 0 Å². The van der Waals surface area contributed by atoms with Crippen molar-refractivity contribution in [3.05, 3.63) is 29.8 Å². The number of morpholine rings is 1. The molecular weight excluding hydrogens is 360 g/mol. The number of nitrogens with zero attached hydrogens (tertiary/aromatic N) is 1. The monoisotopic (exact) mass is 382 g/mol. The molecule has 1 saturated carbocycles. The molecule has 1 aromatic carbocycles. The average Bonchev–Trinajstić information content (AvgIpc) is 2.60. The smallest absolute Gasteiger partial charge is 0.305 e. The Hall–Kier alpha value is -1.97. The van der Waals surface area contributed by atoms with Crippen LogP contribution in [0.15, 0.2) is 29.2 Å². The molecule has 2 fully saturated rings. The third kappa shape index (κ3) is 3.89. The van der Waals surface area contributed by atoms with Crippen molar-refractivity contribution in [3.8, 4) is 0 Å². The van der Waals surface area contributed by atoms with Gasteiger partial charge in [-0.15, -0.1) is 0 Å². The number of amides is 1. The highest BCUT2D eigenvalue weighted by molar-refractivity contribution is 7.89. The number of carboxylic acids is 1. The summed E-state index contributed by atoms with van der Waals surface area (Å²) in [5.41, 5.74) is -0.385. The number of hydrogen-bond acceptors (Lipinski definition) is 5. The summed E-state index contributed by atoms with van der Waals surface area (Å²) >= 11 is 0. The maximum absolute atomic E-state index is 12.6. The maximum Gasteiger partial charge on any atom is 0.305 e. The normalized spacial score (nSPS) is 20.2. The summed E-state index contributed by atoms with van der Waals surface area (Å²) in [4.78, 5) is 23.5. The molecule has 0 radical (unpaired) electrons. The molecular formula is C17H22N2O6S. The molecule has 0 unspecified atom stereocenters. The summed E-state index contributed by atoms with van der Waals surface area (Å²) in [5, 5.41) is 11.8. The van der Waals surface area contributed by atoms with E-state index < -0.39 is 21.5 Å². The third-order valence-corrected chi connectivity index (χ3v) is 6.82. The Morgan fingerprint density at radius 1 is 1.15 bits per heavy atom. The fourth-order valence-corrected chi connectivity index (χ4v) is 4.67. The first-order valence-corrected chi connectivity index (χ1v) is 9.99. The molecule has 1 saturated heterocycles. The Bertz CT molecular complexity index is 780. The van der Waals surface area contributed by atoms with Gasteiger partial charge in [-0.05, 0) is 43.5 Å². The summed E-state index contributed by atoms with van der Waals surface area (Å²) in [6.07, 6.45) is 2.04. The molecule has 26 heavy (non-hydrogen) atoms. The molecule has 142 valence electrons. The van der Waals surface area contributed by atoms with Crippen LogP contribution in [0.25, 0.3) is 0 Å². The number of ether oxygens (including phenoxy) is 1. The summed E-state index contributed by atoms with van der Waals surface area (Å²) in [6, 6.07) is 5.72. The van der Waals surface area contributed by atoms with Crippen molar-refractivity contribution in [2.24, 2.45) is 0 Å². The zero-order valence-corrected chi connectivity index (χ0v) is 15.1. The second kappa shape index (κ2) is 7.34. The van der Waals surface area contributed by atoms with Gasteiger partial charge < -0.3 is 15.2 Å². The molecule has 1 aliphatic carbocycles. The molecule has 9 heteroatoms. The van der Waals surface area contributed by atoms with E-state index in [-0.39, 0.29) is 17.2 Å². The van der Waals surface area contributed by atoms with Gasteiger partial charge in [0.15, 0.2) is 0 Å². The SMILES string of the molecule is O=C(O)CC1(NC(=O)c2ccc(S(=O)(=O)N3CCOCC3)cc2)CCC1. The maximum atomic E-state index is 12.6. The van der Waals surface area contributed by atoms with Crippen molar-refractivity contribution in [2.75, 3.05) is 26.3 Å². The predicted molar refractivity (Wildman–Crippen MR) is 92.3 cm³/mol. The number of benzene rings is 1. The molecule has 0 atom stereocenters. The van der Waals surface area contributed by atoms with E-state index in [4.69, 9.17) is 9.84 Å². The van der Waals surface area contributed by atoms with E-state index in [9.17, 15) is 18.0 Å². The van der Waals surface area contributed by atoms with Crippen LogP contribution < -0.4 is 5.32 Å². The van der Waals surface area contributed by atoms with Crippen LogP contribution in [0.5, 0.6) is 0 Å². The summed E-state index contributed by atoms with van der Waals surface area (Å²) in [5.74, 6) is -1.33. The Morgan fingerprint density at radius 3 is 2.27 bits per heavy atom. The molecule has 1 aliphatic heterocycles. The highest BCUT2D eigenvalue weighted by atomic mass is 32.2. The lowest BCUT2D eigenvalue weighted by molar-refractivity contribution is -0.139. The van der Waals surface area contributed by atoms with Gasteiger partial charge in [0, 0.05) is 18.7 Å². The summed E-state index contributed by atoms with van der Waals surface area (Å²) < 4.78 is 31.7. The summed E-state index contributed by atoms with van der Waals surface area (Å²) in [7, 11) is -3.61. The molecule has 0 aromatic heterocycles. The van der Waals surface area contributed by atoms with Gasteiger partial charge in [0.2, 0.25) is 10.0 Å². The quantitative estimate of drug-likeness (QED) is 0.754. The van der Waals surface area contributed by atoms with Gasteiger partial charge in [0.25, 0.3) is 5.91 Å². The van der Waals surface area contributed by atoms with Gasteiger partial charge in [-0.3, -0.25) is 9.59 Å². The van der Waals surface area contributed by atoms with Gasteiger partial charge in [-0.25, -0.2) is 8.42 Å². The topological polar surface area (TPSA) is 113 Å². The first-order valence-electron chi connectivity index (χ1n) is 8.55. The van der Waals surface area contributed by atoms with Gasteiger partial charge in [0.05, 0.1) is 30.1 Å². The number of carbonyl (C=O) groups is 2. The molecule has 3 rings (SSSR count). The Kier molecular flexibility index (Phi) is 5.31. The fraction of sp³-hybridized carbons (Fsp3) is 0.529. The van der Waals surface area contributed by atoms with Crippen LogP contribution in [0.1, 0.15) is 36.0 Å². The van der Waals surface area contributed by atoms with Crippen molar-refractivity contribution >= 4 is 21.9 Å².